The maximum Gasteiger partial charge on any atom is 0.179 e. The maximum absolute atomic E-state index is 10.5. The lowest BCUT2D eigenvalue weighted by atomic mass is 9.96. The van der Waals surface area contributed by atoms with Crippen LogP contribution in [0.25, 0.3) is 38.6 Å². The van der Waals surface area contributed by atoms with Crippen molar-refractivity contribution in [1.82, 2.24) is 4.57 Å². The Bertz CT molecular complexity index is 2350. The lowest BCUT2D eigenvalue weighted by Crippen LogP contribution is -2.74. The third-order valence-electron chi connectivity index (χ3n) is 9.45. The van der Waals surface area contributed by atoms with Crippen LogP contribution in [-0.2, 0) is 0 Å². The van der Waals surface area contributed by atoms with Crippen molar-refractivity contribution < 1.29 is 0 Å². The Morgan fingerprint density at radius 1 is 0.417 bits per heavy atom. The highest BCUT2D eigenvalue weighted by Gasteiger charge is 2.41. The lowest BCUT2D eigenvalue weighted by molar-refractivity contribution is 1.16. The smallest absolute Gasteiger partial charge is 0.179 e. The van der Waals surface area contributed by atoms with Gasteiger partial charge in [-0.15, -0.1) is 0 Å². The van der Waals surface area contributed by atoms with Crippen LogP contribution in [0.15, 0.2) is 176 Å². The van der Waals surface area contributed by atoms with Gasteiger partial charge in [-0.05, 0) is 50.6 Å². The fraction of sp³-hybridized carbons (Fsp3) is 0. The van der Waals surface area contributed by atoms with Crippen molar-refractivity contribution in [3.8, 4) is 29.0 Å². The van der Waals surface area contributed by atoms with Crippen molar-refractivity contribution in [2.45, 2.75) is 0 Å². The van der Waals surface area contributed by atoms with Crippen LogP contribution >= 0.6 is 0 Å². The second-order valence-electron chi connectivity index (χ2n) is 11.9. The van der Waals surface area contributed by atoms with E-state index in [-0.39, 0.29) is 0 Å². The van der Waals surface area contributed by atoms with Crippen LogP contribution in [0.2, 0.25) is 0 Å². The molecular weight excluding hydrogens is 599 g/mol. The van der Waals surface area contributed by atoms with Crippen LogP contribution in [0, 0.1) is 22.7 Å². The molecule has 1 aromatic heterocycles. The van der Waals surface area contributed by atoms with E-state index in [1.807, 2.05) is 36.4 Å². The number of nitriles is 2. The van der Waals surface area contributed by atoms with E-state index in [1.165, 1.54) is 20.7 Å². The molecule has 0 bridgehead atoms. The SMILES string of the molecule is N#Cc1cc(-n2c3ccccc3c3ccccc32)c(C#N)cc1-c1ccc([Si](c2ccccc2)(c2ccccc2)c2ccccc2)cc1. The molecule has 0 saturated carbocycles. The molecule has 0 atom stereocenters. The Balaban J connectivity index is 1.32. The van der Waals surface area contributed by atoms with Gasteiger partial charge < -0.3 is 4.57 Å². The van der Waals surface area contributed by atoms with Gasteiger partial charge >= 0.3 is 0 Å². The predicted molar refractivity (Wildman–Crippen MR) is 199 cm³/mol. The average molecular weight is 628 g/mol. The van der Waals surface area contributed by atoms with Crippen LogP contribution in [0.1, 0.15) is 11.1 Å². The fourth-order valence-electron chi connectivity index (χ4n) is 7.34. The van der Waals surface area contributed by atoms with E-state index in [9.17, 15) is 10.5 Å². The zero-order chi connectivity index (χ0) is 32.5. The van der Waals surface area contributed by atoms with Crippen LogP contribution in [0.4, 0.5) is 0 Å². The van der Waals surface area contributed by atoms with Crippen molar-refractivity contribution in [2.75, 3.05) is 0 Å². The highest BCUT2D eigenvalue weighted by atomic mass is 28.3. The van der Waals surface area contributed by atoms with Crippen LogP contribution in [0.3, 0.4) is 0 Å². The van der Waals surface area contributed by atoms with E-state index < -0.39 is 8.07 Å². The molecule has 0 N–H and O–H groups in total. The van der Waals surface area contributed by atoms with E-state index in [0.29, 0.717) is 16.8 Å². The highest BCUT2D eigenvalue weighted by Crippen LogP contribution is 2.35. The van der Waals surface area contributed by atoms with E-state index >= 15 is 0 Å². The molecule has 0 radical (unpaired) electrons. The van der Waals surface area contributed by atoms with Crippen molar-refractivity contribution in [3.05, 3.63) is 187 Å². The first-order valence-electron chi connectivity index (χ1n) is 16.0. The van der Waals surface area contributed by atoms with Crippen LogP contribution < -0.4 is 20.7 Å². The summed E-state index contributed by atoms with van der Waals surface area (Å²) in [7, 11) is -2.68. The minimum atomic E-state index is -2.68. The van der Waals surface area contributed by atoms with Gasteiger partial charge in [0.1, 0.15) is 6.07 Å². The van der Waals surface area contributed by atoms with Gasteiger partial charge in [0, 0.05) is 16.3 Å². The molecule has 4 heteroatoms. The van der Waals surface area contributed by atoms with E-state index in [4.69, 9.17) is 0 Å². The Hall–Kier alpha value is -6.46. The lowest BCUT2D eigenvalue weighted by Gasteiger charge is -2.34. The van der Waals surface area contributed by atoms with Gasteiger partial charge in [0.05, 0.1) is 33.9 Å². The monoisotopic (exact) mass is 627 g/mol. The summed E-state index contributed by atoms with van der Waals surface area (Å²) in [4.78, 5) is 0. The molecule has 1 heterocycles. The van der Waals surface area contributed by atoms with Gasteiger partial charge in [-0.3, -0.25) is 0 Å². The summed E-state index contributed by atoms with van der Waals surface area (Å²) < 4.78 is 2.11. The van der Waals surface area contributed by atoms with Gasteiger partial charge in [0.25, 0.3) is 0 Å². The quantitative estimate of drug-likeness (QED) is 0.141. The first-order chi connectivity index (χ1) is 23.7. The number of fused-ring (bicyclic) bond motifs is 3. The Morgan fingerprint density at radius 3 is 1.29 bits per heavy atom. The third kappa shape index (κ3) is 4.55. The van der Waals surface area contributed by atoms with E-state index in [0.717, 1.165) is 32.9 Å². The number of nitrogens with zero attached hydrogens (tertiary/aromatic N) is 3. The first-order valence-corrected chi connectivity index (χ1v) is 18.0. The Morgan fingerprint density at radius 2 is 0.833 bits per heavy atom. The van der Waals surface area contributed by atoms with Crippen molar-refractivity contribution in [2.24, 2.45) is 0 Å². The molecule has 0 aliphatic carbocycles. The molecule has 0 saturated heterocycles. The van der Waals surface area contributed by atoms with Crippen molar-refractivity contribution in [1.29, 1.82) is 10.5 Å². The van der Waals surface area contributed by atoms with Gasteiger partial charge in [0.2, 0.25) is 0 Å². The molecule has 0 unspecified atom stereocenters. The van der Waals surface area contributed by atoms with Crippen LogP contribution in [-0.4, -0.2) is 12.6 Å². The first kappa shape index (κ1) is 29.0. The normalized spacial score (nSPS) is 11.3. The Kier molecular flexibility index (Phi) is 7.27. The summed E-state index contributed by atoms with van der Waals surface area (Å²) in [6, 6.07) is 66.2. The minimum absolute atomic E-state index is 0.515. The molecule has 0 spiro atoms. The molecule has 224 valence electrons. The van der Waals surface area contributed by atoms with Gasteiger partial charge in [-0.1, -0.05) is 152 Å². The number of hydrogen-bond acceptors (Lipinski definition) is 2. The highest BCUT2D eigenvalue weighted by molar-refractivity contribution is 7.19. The maximum atomic E-state index is 10.5. The topological polar surface area (TPSA) is 52.5 Å². The van der Waals surface area contributed by atoms with E-state index in [1.54, 1.807) is 0 Å². The van der Waals surface area contributed by atoms with E-state index in [2.05, 4.69) is 156 Å². The second-order valence-corrected chi connectivity index (χ2v) is 15.7. The van der Waals surface area contributed by atoms with Crippen molar-refractivity contribution >= 4 is 50.6 Å². The number of hydrogen-bond donors (Lipinski definition) is 0. The summed E-state index contributed by atoms with van der Waals surface area (Å²) in [5, 5.41) is 28.3. The summed E-state index contributed by atoms with van der Waals surface area (Å²) in [5.41, 5.74) is 5.39. The number of benzene rings is 7. The van der Waals surface area contributed by atoms with Gasteiger partial charge in [0.15, 0.2) is 8.07 Å². The van der Waals surface area contributed by atoms with Gasteiger partial charge in [-0.2, -0.15) is 10.5 Å². The van der Waals surface area contributed by atoms with Gasteiger partial charge in [-0.25, -0.2) is 0 Å². The summed E-state index contributed by atoms with van der Waals surface area (Å²) in [6.07, 6.45) is 0. The molecular formula is C44H29N3Si. The molecule has 0 aliphatic heterocycles. The number of aromatic nitrogens is 1. The summed E-state index contributed by atoms with van der Waals surface area (Å²) in [5.74, 6) is 0. The average Bonchev–Trinajstić information content (AvgIpc) is 3.50. The summed E-state index contributed by atoms with van der Waals surface area (Å²) >= 11 is 0. The van der Waals surface area contributed by atoms with Crippen LogP contribution in [0.5, 0.6) is 0 Å². The minimum Gasteiger partial charge on any atom is -0.308 e. The predicted octanol–water partition coefficient (Wildman–Crippen LogP) is 7.57. The van der Waals surface area contributed by atoms with Crippen molar-refractivity contribution in [3.63, 3.8) is 0 Å². The zero-order valence-corrected chi connectivity index (χ0v) is 27.1. The Labute approximate surface area is 280 Å². The standard InChI is InChI=1S/C44H29N3Si/c45-30-33-29-44(47-42-22-12-10-20-39(42)40-21-11-13-23-43(40)47)34(31-46)28-41(33)32-24-26-38(27-25-32)48(35-14-4-1-5-15-35,36-16-6-2-7-17-36)37-18-8-3-9-19-37/h1-29H. The molecule has 0 amide bonds. The molecule has 48 heavy (non-hydrogen) atoms. The third-order valence-corrected chi connectivity index (χ3v) is 14.2. The molecule has 3 nitrogen and oxygen atoms in total. The molecule has 8 aromatic rings. The molecule has 7 aromatic carbocycles. The number of rotatable bonds is 6. The zero-order valence-electron chi connectivity index (χ0n) is 26.1. The molecule has 8 rings (SSSR count). The molecule has 0 aliphatic rings. The number of para-hydroxylation sites is 2. The second kappa shape index (κ2) is 12.0. The largest absolute Gasteiger partial charge is 0.308 e. The fourth-order valence-corrected chi connectivity index (χ4v) is 12.1. The summed E-state index contributed by atoms with van der Waals surface area (Å²) in [6.45, 7) is 0. The molecule has 0 fully saturated rings.